The molecule has 5 aromatic rings. The van der Waals surface area contributed by atoms with Crippen LogP contribution in [0.25, 0.3) is 44.7 Å². The fraction of sp³-hybridized carbons (Fsp3) is 0.310. The summed E-state index contributed by atoms with van der Waals surface area (Å²) in [5.41, 5.74) is 5.89. The van der Waals surface area contributed by atoms with Crippen LogP contribution in [0.2, 0.25) is 0 Å². The van der Waals surface area contributed by atoms with Gasteiger partial charge in [-0.1, -0.05) is 37.1 Å². The molecule has 7 nitrogen and oxygen atoms in total. The van der Waals surface area contributed by atoms with Crippen molar-refractivity contribution in [3.63, 3.8) is 0 Å². The van der Waals surface area contributed by atoms with Crippen molar-refractivity contribution >= 4 is 10.8 Å². The molecule has 4 heterocycles. The second kappa shape index (κ2) is 8.99. The average Bonchev–Trinajstić information content (AvgIpc) is 3.75. The summed E-state index contributed by atoms with van der Waals surface area (Å²) >= 11 is 0. The Balaban J connectivity index is 1.11. The van der Waals surface area contributed by atoms with E-state index in [0.717, 1.165) is 58.5 Å². The Morgan fingerprint density at radius 2 is 1.31 bits per heavy atom. The molecule has 1 aliphatic carbocycles. The van der Waals surface area contributed by atoms with Gasteiger partial charge in [-0.15, -0.1) is 0 Å². The van der Waals surface area contributed by atoms with Crippen molar-refractivity contribution in [3.8, 4) is 33.9 Å². The molecule has 1 saturated heterocycles. The lowest BCUT2D eigenvalue weighted by atomic mass is 10.0. The second-order valence-electron chi connectivity index (χ2n) is 10.1. The Bertz CT molecular complexity index is 1500. The second-order valence-corrected chi connectivity index (χ2v) is 10.1. The highest BCUT2D eigenvalue weighted by molar-refractivity contribution is 5.90. The van der Waals surface area contributed by atoms with Crippen molar-refractivity contribution in [1.29, 1.82) is 0 Å². The van der Waals surface area contributed by atoms with E-state index in [0.29, 0.717) is 12.0 Å². The number of fused-ring (bicyclic) bond motifs is 1. The molecule has 1 aliphatic heterocycles. The standard InChI is InChI=1S/C29H29N7/c1-2-5-18(4-1)28-33-17-27(36-28)26-16-31-24(14-32-26)21-9-7-20-13-22(10-8-19(20)12-21)25-15-34-29(35-25)23-6-3-11-30-23/h7-10,12-18,23,30H,1-6,11H2,(H,33,36)(H,34,35)/t23-/m0/s1. The van der Waals surface area contributed by atoms with E-state index in [2.05, 4.69) is 66.6 Å². The minimum absolute atomic E-state index is 0.344. The number of benzene rings is 2. The van der Waals surface area contributed by atoms with Crippen LogP contribution in [0.15, 0.2) is 61.2 Å². The number of rotatable bonds is 5. The van der Waals surface area contributed by atoms with Gasteiger partial charge in [-0.2, -0.15) is 0 Å². The first-order chi connectivity index (χ1) is 17.8. The first-order valence-electron chi connectivity index (χ1n) is 13.0. The predicted octanol–water partition coefficient (Wildman–Crippen LogP) is 6.16. The maximum atomic E-state index is 4.72. The molecule has 3 N–H and O–H groups in total. The molecule has 1 atom stereocenters. The maximum absolute atomic E-state index is 4.72. The first-order valence-corrected chi connectivity index (χ1v) is 13.0. The molecule has 36 heavy (non-hydrogen) atoms. The van der Waals surface area contributed by atoms with E-state index in [1.807, 2.05) is 24.8 Å². The number of hydrogen-bond donors (Lipinski definition) is 3. The zero-order valence-electron chi connectivity index (χ0n) is 20.2. The zero-order chi connectivity index (χ0) is 23.9. The molecule has 1 saturated carbocycles. The number of H-pyrrole nitrogens is 2. The molecule has 7 rings (SSSR count). The number of imidazole rings is 2. The smallest absolute Gasteiger partial charge is 0.123 e. The van der Waals surface area contributed by atoms with Gasteiger partial charge in [-0.3, -0.25) is 9.97 Å². The molecule has 3 aromatic heterocycles. The summed E-state index contributed by atoms with van der Waals surface area (Å²) in [6.45, 7) is 1.07. The monoisotopic (exact) mass is 475 g/mol. The van der Waals surface area contributed by atoms with E-state index < -0.39 is 0 Å². The van der Waals surface area contributed by atoms with Crippen LogP contribution in [0.5, 0.6) is 0 Å². The van der Waals surface area contributed by atoms with Crippen LogP contribution in [0.3, 0.4) is 0 Å². The molecule has 0 spiro atoms. The summed E-state index contributed by atoms with van der Waals surface area (Å²) in [6.07, 6.45) is 14.9. The molecular weight excluding hydrogens is 446 g/mol. The summed E-state index contributed by atoms with van der Waals surface area (Å²) in [4.78, 5) is 25.6. The van der Waals surface area contributed by atoms with Gasteiger partial charge >= 0.3 is 0 Å². The number of hydrogen-bond acceptors (Lipinski definition) is 5. The van der Waals surface area contributed by atoms with Gasteiger partial charge in [-0.25, -0.2) is 9.97 Å². The van der Waals surface area contributed by atoms with Crippen LogP contribution in [0.1, 0.15) is 62.1 Å². The normalized spacial score (nSPS) is 18.4. The van der Waals surface area contributed by atoms with Gasteiger partial charge in [0.05, 0.1) is 47.9 Å². The maximum Gasteiger partial charge on any atom is 0.123 e. The van der Waals surface area contributed by atoms with E-state index in [4.69, 9.17) is 4.98 Å². The fourth-order valence-corrected chi connectivity index (χ4v) is 5.64. The molecule has 0 radical (unpaired) electrons. The lowest BCUT2D eigenvalue weighted by Gasteiger charge is -2.07. The lowest BCUT2D eigenvalue weighted by molar-refractivity contribution is 0.613. The summed E-state index contributed by atoms with van der Waals surface area (Å²) in [5, 5.41) is 5.87. The SMILES string of the molecule is c1cc2cc(-c3cnc([C@@H]4CCCN4)[nH]3)ccc2cc1-c1cnc(-c2cnc(C3CCCC3)[nH]2)cn1. The van der Waals surface area contributed by atoms with Crippen LogP contribution in [0.4, 0.5) is 0 Å². The van der Waals surface area contributed by atoms with E-state index in [1.54, 1.807) is 0 Å². The quantitative estimate of drug-likeness (QED) is 0.283. The van der Waals surface area contributed by atoms with E-state index >= 15 is 0 Å². The summed E-state index contributed by atoms with van der Waals surface area (Å²) in [5.74, 6) is 2.68. The van der Waals surface area contributed by atoms with Gasteiger partial charge in [-0.05, 0) is 55.1 Å². The van der Waals surface area contributed by atoms with Crippen molar-refractivity contribution in [2.75, 3.05) is 6.54 Å². The van der Waals surface area contributed by atoms with Crippen molar-refractivity contribution in [2.24, 2.45) is 0 Å². The fourth-order valence-electron chi connectivity index (χ4n) is 5.64. The van der Waals surface area contributed by atoms with E-state index in [-0.39, 0.29) is 0 Å². The van der Waals surface area contributed by atoms with E-state index in [1.165, 1.54) is 42.9 Å². The van der Waals surface area contributed by atoms with Gasteiger partial charge in [0.2, 0.25) is 0 Å². The predicted molar refractivity (Wildman–Crippen MR) is 141 cm³/mol. The number of nitrogens with one attached hydrogen (secondary N) is 3. The van der Waals surface area contributed by atoms with Gasteiger partial charge < -0.3 is 15.3 Å². The Morgan fingerprint density at radius 1 is 0.611 bits per heavy atom. The van der Waals surface area contributed by atoms with Gasteiger partial charge in [0, 0.05) is 17.0 Å². The van der Waals surface area contributed by atoms with Crippen LogP contribution < -0.4 is 5.32 Å². The van der Waals surface area contributed by atoms with Gasteiger partial charge in [0.15, 0.2) is 0 Å². The Kier molecular flexibility index (Phi) is 5.35. The Morgan fingerprint density at radius 3 is 2.08 bits per heavy atom. The highest BCUT2D eigenvalue weighted by atomic mass is 15.0. The third kappa shape index (κ3) is 3.99. The van der Waals surface area contributed by atoms with Crippen molar-refractivity contribution < 1.29 is 0 Å². The molecule has 2 fully saturated rings. The van der Waals surface area contributed by atoms with Crippen LogP contribution >= 0.6 is 0 Å². The largest absolute Gasteiger partial charge is 0.341 e. The van der Waals surface area contributed by atoms with Crippen molar-refractivity contribution in [1.82, 2.24) is 35.2 Å². The third-order valence-corrected chi connectivity index (χ3v) is 7.70. The van der Waals surface area contributed by atoms with Crippen molar-refractivity contribution in [3.05, 3.63) is 72.8 Å². The number of nitrogens with zero attached hydrogens (tertiary/aromatic N) is 4. The molecule has 180 valence electrons. The first kappa shape index (κ1) is 21.4. The molecule has 2 aromatic carbocycles. The molecule has 0 bridgehead atoms. The van der Waals surface area contributed by atoms with Crippen LogP contribution in [0, 0.1) is 0 Å². The Hall–Kier alpha value is -3.84. The Labute approximate surface area is 209 Å². The molecule has 2 aliphatic rings. The minimum atomic E-state index is 0.344. The van der Waals surface area contributed by atoms with Gasteiger partial charge in [0.25, 0.3) is 0 Å². The molecule has 0 amide bonds. The summed E-state index contributed by atoms with van der Waals surface area (Å²) in [6, 6.07) is 13.3. The van der Waals surface area contributed by atoms with Gasteiger partial charge in [0.1, 0.15) is 17.3 Å². The van der Waals surface area contributed by atoms with E-state index in [9.17, 15) is 0 Å². The van der Waals surface area contributed by atoms with Crippen LogP contribution in [-0.2, 0) is 0 Å². The number of aromatic nitrogens is 6. The lowest BCUT2D eigenvalue weighted by Crippen LogP contribution is -2.14. The average molecular weight is 476 g/mol. The third-order valence-electron chi connectivity index (χ3n) is 7.70. The zero-order valence-corrected chi connectivity index (χ0v) is 20.2. The molecular formula is C29H29N7. The highest BCUT2D eigenvalue weighted by Gasteiger charge is 2.21. The minimum Gasteiger partial charge on any atom is -0.341 e. The number of aromatic amines is 2. The summed E-state index contributed by atoms with van der Waals surface area (Å²) < 4.78 is 0. The molecule has 7 heteroatoms. The molecule has 0 unspecified atom stereocenters. The topological polar surface area (TPSA) is 95.2 Å². The summed E-state index contributed by atoms with van der Waals surface area (Å²) in [7, 11) is 0. The highest BCUT2D eigenvalue weighted by Crippen LogP contribution is 2.33. The van der Waals surface area contributed by atoms with Crippen molar-refractivity contribution in [2.45, 2.75) is 50.5 Å². The van der Waals surface area contributed by atoms with Crippen LogP contribution in [-0.4, -0.2) is 36.4 Å².